The van der Waals surface area contributed by atoms with Crippen LogP contribution in [-0.4, -0.2) is 37.2 Å². The van der Waals surface area contributed by atoms with E-state index in [0.717, 1.165) is 32.5 Å². The first kappa shape index (κ1) is 15.5. The van der Waals surface area contributed by atoms with Gasteiger partial charge in [0.2, 0.25) is 0 Å². The Morgan fingerprint density at radius 2 is 2.00 bits per heavy atom. The smallest absolute Gasteiger partial charge is 0.0599 e. The van der Waals surface area contributed by atoms with Crippen molar-refractivity contribution in [3.05, 3.63) is 34.9 Å². The molecule has 20 heavy (non-hydrogen) atoms. The molecule has 112 valence electrons. The molecule has 0 radical (unpaired) electrons. The normalized spacial score (nSPS) is 19.2. The lowest BCUT2D eigenvalue weighted by Gasteiger charge is -2.37. The van der Waals surface area contributed by atoms with Gasteiger partial charge in [-0.05, 0) is 44.7 Å². The van der Waals surface area contributed by atoms with E-state index in [0.29, 0.717) is 18.7 Å². The van der Waals surface area contributed by atoms with Gasteiger partial charge in [0.15, 0.2) is 0 Å². The highest BCUT2D eigenvalue weighted by atomic mass is 16.5. The van der Waals surface area contributed by atoms with E-state index >= 15 is 0 Å². The molecule has 1 aliphatic heterocycles. The molecule has 0 spiro atoms. The topological polar surface area (TPSA) is 38.5 Å². The average Bonchev–Trinajstić information content (AvgIpc) is 2.45. The van der Waals surface area contributed by atoms with E-state index < -0.39 is 0 Å². The van der Waals surface area contributed by atoms with E-state index in [9.17, 15) is 0 Å². The van der Waals surface area contributed by atoms with Crippen molar-refractivity contribution in [2.75, 3.05) is 26.2 Å². The zero-order valence-corrected chi connectivity index (χ0v) is 13.1. The van der Waals surface area contributed by atoms with Crippen molar-refractivity contribution in [3.63, 3.8) is 0 Å². The molecule has 0 aliphatic carbocycles. The number of benzene rings is 1. The third-order valence-corrected chi connectivity index (χ3v) is 4.34. The van der Waals surface area contributed by atoms with Crippen LogP contribution >= 0.6 is 0 Å². The second-order valence-electron chi connectivity index (χ2n) is 5.80. The van der Waals surface area contributed by atoms with Gasteiger partial charge in [-0.3, -0.25) is 4.90 Å². The number of ether oxygens (including phenoxy) is 1. The van der Waals surface area contributed by atoms with Gasteiger partial charge < -0.3 is 10.5 Å². The van der Waals surface area contributed by atoms with E-state index in [1.807, 2.05) is 0 Å². The van der Waals surface area contributed by atoms with Gasteiger partial charge in [-0.1, -0.05) is 23.8 Å². The van der Waals surface area contributed by atoms with Crippen molar-refractivity contribution in [1.29, 1.82) is 0 Å². The number of hydrogen-bond acceptors (Lipinski definition) is 3. The van der Waals surface area contributed by atoms with E-state index in [2.05, 4.69) is 43.9 Å². The molecule has 1 aromatic rings. The second-order valence-corrected chi connectivity index (χ2v) is 5.80. The molecule has 3 heteroatoms. The van der Waals surface area contributed by atoms with Crippen LogP contribution in [0.25, 0.3) is 0 Å². The Balaban J connectivity index is 2.07. The average molecular weight is 276 g/mol. The molecular weight excluding hydrogens is 248 g/mol. The van der Waals surface area contributed by atoms with Crippen LogP contribution in [0.15, 0.2) is 18.2 Å². The molecule has 2 rings (SSSR count). The number of rotatable bonds is 5. The minimum absolute atomic E-state index is 0.345. The lowest BCUT2D eigenvalue weighted by molar-refractivity contribution is 0.00446. The number of piperidine rings is 1. The highest BCUT2D eigenvalue weighted by Gasteiger charge is 2.26. The minimum Gasteiger partial charge on any atom is -0.378 e. The number of likely N-dealkylation sites (tertiary alicyclic amines) is 1. The van der Waals surface area contributed by atoms with Crippen LogP contribution in [-0.2, 0) is 4.74 Å². The molecule has 0 aromatic heterocycles. The summed E-state index contributed by atoms with van der Waals surface area (Å²) in [5, 5.41) is 0. The molecule has 0 bridgehead atoms. The quantitative estimate of drug-likeness (QED) is 0.898. The number of nitrogens with zero attached hydrogens (tertiary/aromatic N) is 1. The Labute approximate surface area is 123 Å². The first-order valence-corrected chi connectivity index (χ1v) is 7.78. The van der Waals surface area contributed by atoms with Gasteiger partial charge in [0.25, 0.3) is 0 Å². The van der Waals surface area contributed by atoms with Crippen molar-refractivity contribution in [2.24, 2.45) is 5.73 Å². The van der Waals surface area contributed by atoms with Crippen LogP contribution in [0.1, 0.15) is 42.5 Å². The fraction of sp³-hybridized carbons (Fsp3) is 0.647. The summed E-state index contributed by atoms with van der Waals surface area (Å²) in [6, 6.07) is 7.02. The molecule has 0 saturated carbocycles. The Kier molecular flexibility index (Phi) is 5.58. The van der Waals surface area contributed by atoms with Gasteiger partial charge in [0.05, 0.1) is 6.10 Å². The van der Waals surface area contributed by atoms with Crippen molar-refractivity contribution in [1.82, 2.24) is 4.90 Å². The number of aryl methyl sites for hydroxylation is 2. The third-order valence-electron chi connectivity index (χ3n) is 4.34. The number of hydrogen-bond donors (Lipinski definition) is 1. The highest BCUT2D eigenvalue weighted by Crippen LogP contribution is 2.27. The SMILES string of the molecule is CCOC1CCN(C(CN)c2cc(C)ccc2C)CC1. The highest BCUT2D eigenvalue weighted by molar-refractivity contribution is 5.33. The van der Waals surface area contributed by atoms with E-state index in [-0.39, 0.29) is 0 Å². The first-order valence-electron chi connectivity index (χ1n) is 7.78. The molecule has 1 unspecified atom stereocenters. The lowest BCUT2D eigenvalue weighted by Crippen LogP contribution is -2.42. The van der Waals surface area contributed by atoms with Gasteiger partial charge in [-0.25, -0.2) is 0 Å². The molecule has 0 amide bonds. The summed E-state index contributed by atoms with van der Waals surface area (Å²) < 4.78 is 5.74. The van der Waals surface area contributed by atoms with Gasteiger partial charge in [0.1, 0.15) is 0 Å². The summed E-state index contributed by atoms with van der Waals surface area (Å²) in [6.07, 6.45) is 2.68. The zero-order valence-electron chi connectivity index (χ0n) is 13.1. The monoisotopic (exact) mass is 276 g/mol. The molecule has 2 N–H and O–H groups in total. The third kappa shape index (κ3) is 3.60. The fourth-order valence-electron chi connectivity index (χ4n) is 3.18. The van der Waals surface area contributed by atoms with Gasteiger partial charge in [0, 0.05) is 32.3 Å². The Hall–Kier alpha value is -0.900. The number of nitrogens with two attached hydrogens (primary N) is 1. The molecular formula is C17H28N2O. The van der Waals surface area contributed by atoms with Crippen molar-refractivity contribution >= 4 is 0 Å². The summed E-state index contributed by atoms with van der Waals surface area (Å²) in [6.45, 7) is 10.1. The predicted octanol–water partition coefficient (Wildman–Crippen LogP) is 2.80. The van der Waals surface area contributed by atoms with Gasteiger partial charge >= 0.3 is 0 Å². The van der Waals surface area contributed by atoms with Gasteiger partial charge in [-0.15, -0.1) is 0 Å². The maximum atomic E-state index is 6.08. The standard InChI is InChI=1S/C17H28N2O/c1-4-20-15-7-9-19(10-8-15)17(12-18)16-11-13(2)5-6-14(16)3/h5-6,11,15,17H,4,7-10,12,18H2,1-3H3. The summed E-state index contributed by atoms with van der Waals surface area (Å²) >= 11 is 0. The molecule has 1 fully saturated rings. The molecule has 3 nitrogen and oxygen atoms in total. The maximum absolute atomic E-state index is 6.08. The molecule has 1 atom stereocenters. The predicted molar refractivity (Wildman–Crippen MR) is 83.9 cm³/mol. The largest absolute Gasteiger partial charge is 0.378 e. The van der Waals surface area contributed by atoms with Crippen LogP contribution in [0.2, 0.25) is 0 Å². The second kappa shape index (κ2) is 7.21. The van der Waals surface area contributed by atoms with Crippen LogP contribution in [0, 0.1) is 13.8 Å². The molecule has 1 aliphatic rings. The molecule has 1 heterocycles. The zero-order chi connectivity index (χ0) is 14.5. The summed E-state index contributed by atoms with van der Waals surface area (Å²) in [4.78, 5) is 2.53. The summed E-state index contributed by atoms with van der Waals surface area (Å²) in [7, 11) is 0. The fourth-order valence-corrected chi connectivity index (χ4v) is 3.18. The summed E-state index contributed by atoms with van der Waals surface area (Å²) in [5.41, 5.74) is 10.1. The molecule has 1 saturated heterocycles. The Morgan fingerprint density at radius 1 is 1.30 bits per heavy atom. The first-order chi connectivity index (χ1) is 9.65. The minimum atomic E-state index is 0.345. The van der Waals surface area contributed by atoms with E-state index in [1.54, 1.807) is 0 Å². The lowest BCUT2D eigenvalue weighted by atomic mass is 9.95. The van der Waals surface area contributed by atoms with E-state index in [4.69, 9.17) is 10.5 Å². The Morgan fingerprint density at radius 3 is 2.60 bits per heavy atom. The van der Waals surface area contributed by atoms with Crippen LogP contribution in [0.5, 0.6) is 0 Å². The van der Waals surface area contributed by atoms with Crippen molar-refractivity contribution in [3.8, 4) is 0 Å². The maximum Gasteiger partial charge on any atom is 0.0599 e. The van der Waals surface area contributed by atoms with E-state index in [1.165, 1.54) is 16.7 Å². The van der Waals surface area contributed by atoms with Crippen molar-refractivity contribution in [2.45, 2.75) is 45.8 Å². The molecule has 1 aromatic carbocycles. The van der Waals surface area contributed by atoms with Crippen LogP contribution in [0.4, 0.5) is 0 Å². The van der Waals surface area contributed by atoms with Crippen molar-refractivity contribution < 1.29 is 4.74 Å². The Bertz CT molecular complexity index is 425. The van der Waals surface area contributed by atoms with Crippen LogP contribution < -0.4 is 5.73 Å². The van der Waals surface area contributed by atoms with Gasteiger partial charge in [-0.2, -0.15) is 0 Å². The van der Waals surface area contributed by atoms with Crippen LogP contribution in [0.3, 0.4) is 0 Å². The summed E-state index contributed by atoms with van der Waals surface area (Å²) in [5.74, 6) is 0.